The second-order valence-corrected chi connectivity index (χ2v) is 3.11. The van der Waals surface area contributed by atoms with Crippen LogP contribution < -0.4 is 5.32 Å². The van der Waals surface area contributed by atoms with Crippen LogP contribution in [0.1, 0.15) is 0 Å². The number of likely N-dealkylation sites (tertiary alicyclic amines) is 1. The fourth-order valence-electron chi connectivity index (χ4n) is 1.53. The summed E-state index contributed by atoms with van der Waals surface area (Å²) in [4.78, 5) is 2.16. The first-order valence-electron chi connectivity index (χ1n) is 3.75. The quantitative estimate of drug-likeness (QED) is 0.529. The van der Waals surface area contributed by atoms with Crippen molar-refractivity contribution in [1.82, 2.24) is 10.2 Å². The summed E-state index contributed by atoms with van der Waals surface area (Å²) in [7, 11) is 3.96. The Bertz CT molecular complexity index is 108. The van der Waals surface area contributed by atoms with E-state index in [0.29, 0.717) is 5.92 Å². The zero-order valence-electron chi connectivity index (χ0n) is 6.67. The lowest BCUT2D eigenvalue weighted by molar-refractivity contribution is 0.143. The monoisotopic (exact) mass is 144 g/mol. The highest BCUT2D eigenvalue weighted by molar-refractivity contribution is 4.82. The molecule has 1 aliphatic rings. The Labute approximate surface area is 62.0 Å². The summed E-state index contributed by atoms with van der Waals surface area (Å²) in [5.41, 5.74) is 0. The molecule has 1 rings (SSSR count). The molecule has 10 heavy (non-hydrogen) atoms. The van der Waals surface area contributed by atoms with Crippen LogP contribution in [0.25, 0.3) is 0 Å². The summed E-state index contributed by atoms with van der Waals surface area (Å²) in [5.74, 6) is 0.426. The summed E-state index contributed by atoms with van der Waals surface area (Å²) in [6.45, 7) is 2.76. The fourth-order valence-corrected chi connectivity index (χ4v) is 1.53. The minimum Gasteiger partial charge on any atom is -0.391 e. The number of nitrogens with zero attached hydrogens (tertiary/aromatic N) is 1. The van der Waals surface area contributed by atoms with E-state index in [0.717, 1.165) is 19.6 Å². The van der Waals surface area contributed by atoms with E-state index in [-0.39, 0.29) is 6.10 Å². The molecule has 60 valence electrons. The molecule has 0 aromatic heterocycles. The molecule has 0 radical (unpaired) electrons. The zero-order valence-corrected chi connectivity index (χ0v) is 6.67. The van der Waals surface area contributed by atoms with Crippen LogP contribution in [0.15, 0.2) is 0 Å². The predicted molar refractivity (Wildman–Crippen MR) is 40.9 cm³/mol. The van der Waals surface area contributed by atoms with Gasteiger partial charge >= 0.3 is 0 Å². The third-order valence-electron chi connectivity index (χ3n) is 2.06. The van der Waals surface area contributed by atoms with E-state index in [4.69, 9.17) is 0 Å². The van der Waals surface area contributed by atoms with Crippen LogP contribution in [0, 0.1) is 5.92 Å². The van der Waals surface area contributed by atoms with Gasteiger partial charge in [0.25, 0.3) is 0 Å². The van der Waals surface area contributed by atoms with Crippen molar-refractivity contribution in [2.24, 2.45) is 5.92 Å². The molecule has 2 N–H and O–H groups in total. The van der Waals surface area contributed by atoms with E-state index >= 15 is 0 Å². The van der Waals surface area contributed by atoms with Crippen molar-refractivity contribution in [3.8, 4) is 0 Å². The molecule has 1 saturated heterocycles. The molecular weight excluding hydrogens is 128 g/mol. The topological polar surface area (TPSA) is 35.5 Å². The first-order valence-corrected chi connectivity index (χ1v) is 3.75. The maximum atomic E-state index is 9.41. The van der Waals surface area contributed by atoms with E-state index in [1.165, 1.54) is 0 Å². The molecule has 0 aliphatic carbocycles. The van der Waals surface area contributed by atoms with Crippen LogP contribution in [-0.2, 0) is 0 Å². The summed E-state index contributed by atoms with van der Waals surface area (Å²) in [5, 5.41) is 12.5. The number of aliphatic hydroxyl groups excluding tert-OH is 1. The Hall–Kier alpha value is -0.120. The molecule has 2 atom stereocenters. The molecule has 0 saturated carbocycles. The average Bonchev–Trinajstić information content (AvgIpc) is 2.13. The number of hydrogen-bond acceptors (Lipinski definition) is 3. The van der Waals surface area contributed by atoms with Crippen LogP contribution in [0.4, 0.5) is 0 Å². The van der Waals surface area contributed by atoms with E-state index in [9.17, 15) is 5.11 Å². The summed E-state index contributed by atoms with van der Waals surface area (Å²) in [6.07, 6.45) is -0.127. The Morgan fingerprint density at radius 1 is 1.60 bits per heavy atom. The van der Waals surface area contributed by atoms with E-state index in [1.807, 2.05) is 14.1 Å². The van der Waals surface area contributed by atoms with Crippen LogP contribution in [0.5, 0.6) is 0 Å². The van der Waals surface area contributed by atoms with Gasteiger partial charge in [0.05, 0.1) is 6.10 Å². The van der Waals surface area contributed by atoms with Crippen molar-refractivity contribution in [3.05, 3.63) is 0 Å². The summed E-state index contributed by atoms with van der Waals surface area (Å²) >= 11 is 0. The molecule has 0 aromatic rings. The Morgan fingerprint density at radius 2 is 2.30 bits per heavy atom. The second kappa shape index (κ2) is 3.32. The van der Waals surface area contributed by atoms with Gasteiger partial charge in [-0.3, -0.25) is 0 Å². The molecule has 3 heteroatoms. The van der Waals surface area contributed by atoms with E-state index < -0.39 is 0 Å². The molecule has 0 aromatic carbocycles. The van der Waals surface area contributed by atoms with Gasteiger partial charge in [-0.2, -0.15) is 0 Å². The average molecular weight is 144 g/mol. The van der Waals surface area contributed by atoms with Gasteiger partial charge in [-0.1, -0.05) is 0 Å². The van der Waals surface area contributed by atoms with Gasteiger partial charge in [0.2, 0.25) is 0 Å². The molecule has 0 spiro atoms. The Balaban J connectivity index is 2.31. The predicted octanol–water partition coefficient (Wildman–Crippen LogP) is -0.872. The van der Waals surface area contributed by atoms with Gasteiger partial charge in [-0.25, -0.2) is 0 Å². The highest BCUT2D eigenvalue weighted by Crippen LogP contribution is 2.13. The number of hydrogen-bond donors (Lipinski definition) is 2. The summed E-state index contributed by atoms with van der Waals surface area (Å²) in [6, 6.07) is 0. The number of β-amino-alcohol motifs (C(OH)–C–C–N with tert-alkyl or cyclic N) is 1. The highest BCUT2D eigenvalue weighted by atomic mass is 16.3. The lowest BCUT2D eigenvalue weighted by atomic mass is 10.1. The SMILES string of the molecule is CNCC1CN(C)CC1O. The standard InChI is InChI=1S/C7H16N2O/c1-8-3-6-4-9(2)5-7(6)10/h6-8,10H,3-5H2,1-2H3. The van der Waals surface area contributed by atoms with Crippen LogP contribution in [0.2, 0.25) is 0 Å². The smallest absolute Gasteiger partial charge is 0.0719 e. The molecule has 2 unspecified atom stereocenters. The van der Waals surface area contributed by atoms with Crippen LogP contribution in [-0.4, -0.2) is 49.8 Å². The second-order valence-electron chi connectivity index (χ2n) is 3.11. The third-order valence-corrected chi connectivity index (χ3v) is 2.06. The maximum Gasteiger partial charge on any atom is 0.0719 e. The van der Waals surface area contributed by atoms with Crippen molar-refractivity contribution in [1.29, 1.82) is 0 Å². The van der Waals surface area contributed by atoms with Gasteiger partial charge < -0.3 is 15.3 Å². The molecule has 1 aliphatic heterocycles. The molecule has 1 heterocycles. The minimum absolute atomic E-state index is 0.127. The van der Waals surface area contributed by atoms with Gasteiger partial charge in [-0.15, -0.1) is 0 Å². The largest absolute Gasteiger partial charge is 0.391 e. The van der Waals surface area contributed by atoms with Crippen LogP contribution >= 0.6 is 0 Å². The molecular formula is C7H16N2O. The van der Waals surface area contributed by atoms with E-state index in [2.05, 4.69) is 10.2 Å². The maximum absolute atomic E-state index is 9.41. The van der Waals surface area contributed by atoms with Gasteiger partial charge in [0, 0.05) is 25.6 Å². The lowest BCUT2D eigenvalue weighted by Crippen LogP contribution is -2.28. The molecule has 1 fully saturated rings. The normalized spacial score (nSPS) is 35.1. The zero-order chi connectivity index (χ0) is 7.56. The van der Waals surface area contributed by atoms with E-state index in [1.54, 1.807) is 0 Å². The number of nitrogens with one attached hydrogen (secondary N) is 1. The number of rotatable bonds is 2. The number of likely N-dealkylation sites (N-methyl/N-ethyl adjacent to an activating group) is 1. The van der Waals surface area contributed by atoms with Crippen molar-refractivity contribution in [2.75, 3.05) is 33.7 Å². The third kappa shape index (κ3) is 1.68. The Kier molecular flexibility index (Phi) is 2.65. The fraction of sp³-hybridized carbons (Fsp3) is 1.00. The lowest BCUT2D eigenvalue weighted by Gasteiger charge is -2.11. The minimum atomic E-state index is -0.127. The highest BCUT2D eigenvalue weighted by Gasteiger charge is 2.27. The van der Waals surface area contributed by atoms with Crippen molar-refractivity contribution in [3.63, 3.8) is 0 Å². The number of aliphatic hydroxyl groups is 1. The van der Waals surface area contributed by atoms with Gasteiger partial charge in [0.15, 0.2) is 0 Å². The van der Waals surface area contributed by atoms with Crippen molar-refractivity contribution in [2.45, 2.75) is 6.10 Å². The first-order chi connectivity index (χ1) is 4.74. The Morgan fingerprint density at radius 3 is 2.70 bits per heavy atom. The van der Waals surface area contributed by atoms with Gasteiger partial charge in [-0.05, 0) is 14.1 Å². The molecule has 3 nitrogen and oxygen atoms in total. The van der Waals surface area contributed by atoms with Gasteiger partial charge in [0.1, 0.15) is 0 Å². The van der Waals surface area contributed by atoms with Crippen molar-refractivity contribution >= 4 is 0 Å². The molecule has 0 amide bonds. The molecule has 0 bridgehead atoms. The van der Waals surface area contributed by atoms with Crippen LogP contribution in [0.3, 0.4) is 0 Å². The van der Waals surface area contributed by atoms with Crippen molar-refractivity contribution < 1.29 is 5.11 Å². The first kappa shape index (κ1) is 7.98. The summed E-state index contributed by atoms with van der Waals surface area (Å²) < 4.78 is 0.